The highest BCUT2D eigenvalue weighted by Gasteiger charge is 2.22. The minimum atomic E-state index is -0.350. The Hall–Kier alpha value is -0.570. The summed E-state index contributed by atoms with van der Waals surface area (Å²) in [5, 5.41) is 0. The number of allylic oxidation sites excluding steroid dienone is 1. The fourth-order valence-corrected chi connectivity index (χ4v) is 0.811. The molecular weight excluding hydrogens is 232 g/mol. The Bertz CT molecular complexity index is 195. The second-order valence-electron chi connectivity index (χ2n) is 1.75. The van der Waals surface area contributed by atoms with Crippen LogP contribution in [0.1, 0.15) is 34.6 Å². The topological polar surface area (TPSA) is 26.3 Å². The van der Waals surface area contributed by atoms with E-state index in [1.54, 1.807) is 6.92 Å². The average Bonchev–Trinajstić information content (AvgIpc) is 2.40. The van der Waals surface area contributed by atoms with Crippen molar-refractivity contribution in [3.05, 3.63) is 22.4 Å². The number of carbonyl (C=O) groups excluding carboxylic acids is 1. The third-order valence-corrected chi connectivity index (χ3v) is 2.06. The lowest BCUT2D eigenvalue weighted by Crippen LogP contribution is -1.91. The van der Waals surface area contributed by atoms with Crippen molar-refractivity contribution < 1.29 is 9.53 Å². The fraction of sp³-hybridized carbons (Fsp3) is 0.500. The third kappa shape index (κ3) is 4.27. The summed E-state index contributed by atoms with van der Waals surface area (Å²) in [6.45, 7) is 13.3. The van der Waals surface area contributed by atoms with Gasteiger partial charge in [-0.25, -0.2) is 4.79 Å². The molecule has 0 aromatic heterocycles. The summed E-state index contributed by atoms with van der Waals surface area (Å²) in [7, 11) is 0. The number of hydrogen-bond acceptors (Lipinski definition) is 2. The van der Waals surface area contributed by atoms with Crippen LogP contribution in [0.25, 0.3) is 0 Å². The van der Waals surface area contributed by atoms with Gasteiger partial charge in [0.15, 0.2) is 0 Å². The van der Waals surface area contributed by atoms with Gasteiger partial charge in [0.25, 0.3) is 0 Å². The monoisotopic (exact) mass is 248 g/mol. The van der Waals surface area contributed by atoms with Crippen molar-refractivity contribution in [2.24, 2.45) is 0 Å². The van der Waals surface area contributed by atoms with Crippen LogP contribution in [0.4, 0.5) is 0 Å². The van der Waals surface area contributed by atoms with E-state index >= 15 is 0 Å². The van der Waals surface area contributed by atoms with Gasteiger partial charge in [-0.3, -0.25) is 0 Å². The maximum atomic E-state index is 10.6. The number of carbonyl (C=O) groups is 1. The van der Waals surface area contributed by atoms with E-state index in [1.165, 1.54) is 0 Å². The molecule has 1 aliphatic heterocycles. The molecule has 0 saturated heterocycles. The molecule has 0 aromatic rings. The Kier molecular flexibility index (Phi) is 9.24. The molecule has 76 valence electrons. The number of hydrogen-bond donors (Lipinski definition) is 0. The second-order valence-corrected chi connectivity index (χ2v) is 2.54. The summed E-state index contributed by atoms with van der Waals surface area (Å²) >= 11 is 3.05. The van der Waals surface area contributed by atoms with Gasteiger partial charge in [0.2, 0.25) is 0 Å². The summed E-state index contributed by atoms with van der Waals surface area (Å²) < 4.78 is 5.11. The number of halogens is 1. The first-order chi connectivity index (χ1) is 6.13. The van der Waals surface area contributed by atoms with E-state index < -0.39 is 0 Å². The van der Waals surface area contributed by atoms with Crippen molar-refractivity contribution in [1.29, 1.82) is 0 Å². The van der Waals surface area contributed by atoms with Crippen LogP contribution in [0.15, 0.2) is 22.4 Å². The lowest BCUT2D eigenvalue weighted by Gasteiger charge is -1.90. The van der Waals surface area contributed by atoms with Crippen LogP contribution in [0, 0.1) is 0 Å². The molecule has 13 heavy (non-hydrogen) atoms. The molecular formula is C10H17BrO2. The molecule has 0 aliphatic carbocycles. The molecule has 3 heteroatoms. The maximum Gasteiger partial charge on any atom is 0.351 e. The van der Waals surface area contributed by atoms with Crippen LogP contribution >= 0.6 is 15.9 Å². The first-order valence-corrected chi connectivity index (χ1v) is 5.20. The molecule has 1 heterocycles. The van der Waals surface area contributed by atoms with Crippen LogP contribution in [0.3, 0.4) is 0 Å². The zero-order valence-electron chi connectivity index (χ0n) is 8.90. The van der Waals surface area contributed by atoms with Crippen LogP contribution in [-0.2, 0) is 9.53 Å². The Morgan fingerprint density at radius 1 is 1.23 bits per heavy atom. The van der Waals surface area contributed by atoms with E-state index in [1.807, 2.05) is 27.7 Å². The van der Waals surface area contributed by atoms with Gasteiger partial charge in [-0.2, -0.15) is 0 Å². The number of esters is 1. The summed E-state index contributed by atoms with van der Waals surface area (Å²) in [5.74, 6) is 0.0874. The molecule has 2 nitrogen and oxygen atoms in total. The van der Waals surface area contributed by atoms with Gasteiger partial charge < -0.3 is 4.74 Å². The molecule has 0 aromatic carbocycles. The largest absolute Gasteiger partial charge is 0.423 e. The highest BCUT2D eigenvalue weighted by Crippen LogP contribution is 2.27. The highest BCUT2D eigenvalue weighted by atomic mass is 79.9. The maximum absolute atomic E-state index is 10.6. The first-order valence-electron chi connectivity index (χ1n) is 4.40. The Balaban J connectivity index is 0. The van der Waals surface area contributed by atoms with Crippen molar-refractivity contribution >= 4 is 21.9 Å². The molecule has 0 saturated carbocycles. The summed E-state index contributed by atoms with van der Waals surface area (Å²) in [6.07, 6.45) is 0. The first kappa shape index (κ1) is 14.9. The zero-order chi connectivity index (χ0) is 11.0. The van der Waals surface area contributed by atoms with Gasteiger partial charge >= 0.3 is 5.97 Å². The molecule has 1 aliphatic rings. The number of cyclic esters (lactones) is 1. The third-order valence-electron chi connectivity index (χ3n) is 1.14. The van der Waals surface area contributed by atoms with Crippen molar-refractivity contribution in [2.45, 2.75) is 34.6 Å². The normalized spacial score (nSPS) is 14.0. The fourth-order valence-electron chi connectivity index (χ4n) is 0.509. The van der Waals surface area contributed by atoms with Gasteiger partial charge in [0, 0.05) is 5.57 Å². The Morgan fingerprint density at radius 3 is 1.69 bits per heavy atom. The van der Waals surface area contributed by atoms with Crippen LogP contribution in [-0.4, -0.2) is 5.97 Å². The zero-order valence-corrected chi connectivity index (χ0v) is 10.5. The van der Waals surface area contributed by atoms with Gasteiger partial charge in [0.05, 0.1) is 0 Å². The smallest absolute Gasteiger partial charge is 0.351 e. The summed E-state index contributed by atoms with van der Waals surface area (Å²) in [4.78, 5) is 10.6. The summed E-state index contributed by atoms with van der Waals surface area (Å²) in [6, 6.07) is 0. The average molecular weight is 249 g/mol. The number of rotatable bonds is 0. The quantitative estimate of drug-likeness (QED) is 0.610. The number of ether oxygens (including phenoxy) is 1. The minimum absolute atomic E-state index is 0.350. The Labute approximate surface area is 88.8 Å². The lowest BCUT2D eigenvalue weighted by atomic mass is 10.3. The molecule has 0 fully saturated rings. The van der Waals surface area contributed by atoms with Crippen molar-refractivity contribution in [2.75, 3.05) is 0 Å². The molecule has 0 amide bonds. The molecule has 1 rings (SSSR count). The van der Waals surface area contributed by atoms with E-state index in [4.69, 9.17) is 0 Å². The van der Waals surface area contributed by atoms with E-state index in [2.05, 4.69) is 27.2 Å². The SMILES string of the molecule is C=C1OC(=O)C(Br)=C1C.CC.CC. The van der Waals surface area contributed by atoms with Crippen molar-refractivity contribution in [3.63, 3.8) is 0 Å². The van der Waals surface area contributed by atoms with E-state index in [0.717, 1.165) is 5.57 Å². The molecule has 0 radical (unpaired) electrons. The van der Waals surface area contributed by atoms with Crippen molar-refractivity contribution in [3.8, 4) is 0 Å². The summed E-state index contributed by atoms with van der Waals surface area (Å²) in [5.41, 5.74) is 0.778. The van der Waals surface area contributed by atoms with Crippen molar-refractivity contribution in [1.82, 2.24) is 0 Å². The lowest BCUT2D eigenvalue weighted by molar-refractivity contribution is -0.132. The van der Waals surface area contributed by atoms with Gasteiger partial charge in [0.1, 0.15) is 10.2 Å². The van der Waals surface area contributed by atoms with Gasteiger partial charge in [-0.1, -0.05) is 34.3 Å². The molecule has 0 bridgehead atoms. The molecule has 0 spiro atoms. The van der Waals surface area contributed by atoms with E-state index in [0.29, 0.717) is 10.2 Å². The highest BCUT2D eigenvalue weighted by molar-refractivity contribution is 9.12. The van der Waals surface area contributed by atoms with Gasteiger partial charge in [-0.15, -0.1) is 0 Å². The predicted octanol–water partition coefficient (Wildman–Crippen LogP) is 3.78. The molecule has 0 atom stereocenters. The Morgan fingerprint density at radius 2 is 1.62 bits per heavy atom. The van der Waals surface area contributed by atoms with E-state index in [9.17, 15) is 4.79 Å². The van der Waals surface area contributed by atoms with Crippen LogP contribution < -0.4 is 0 Å². The minimum Gasteiger partial charge on any atom is -0.423 e. The molecule has 0 N–H and O–H groups in total. The molecule has 0 unspecified atom stereocenters. The standard InChI is InChI=1S/C6H5BrO2.2C2H6/c1-3-4(2)9-6(8)5(3)7;2*1-2/h2H2,1H3;2*1-2H3. The van der Waals surface area contributed by atoms with E-state index in [-0.39, 0.29) is 5.97 Å². The second kappa shape index (κ2) is 8.05. The van der Waals surface area contributed by atoms with Crippen LogP contribution in [0.5, 0.6) is 0 Å². The van der Waals surface area contributed by atoms with Gasteiger partial charge in [-0.05, 0) is 22.9 Å². The van der Waals surface area contributed by atoms with Crippen LogP contribution in [0.2, 0.25) is 0 Å². The predicted molar refractivity (Wildman–Crippen MR) is 59.6 cm³/mol.